The summed E-state index contributed by atoms with van der Waals surface area (Å²) in [5, 5.41) is 5.74. The van der Waals surface area contributed by atoms with Gasteiger partial charge in [0.05, 0.1) is 10.8 Å². The first-order chi connectivity index (χ1) is 14.4. The third kappa shape index (κ3) is 3.64. The highest BCUT2D eigenvalue weighted by molar-refractivity contribution is 5.81. The van der Waals surface area contributed by atoms with Crippen molar-refractivity contribution in [1.82, 2.24) is 24.6 Å². The Balaban J connectivity index is 1.65. The van der Waals surface area contributed by atoms with Gasteiger partial charge in [0.15, 0.2) is 0 Å². The predicted molar refractivity (Wildman–Crippen MR) is 108 cm³/mol. The van der Waals surface area contributed by atoms with Crippen LogP contribution in [0.2, 0.25) is 0 Å². The molecule has 30 heavy (non-hydrogen) atoms. The highest BCUT2D eigenvalue weighted by Crippen LogP contribution is 2.20. The molecule has 0 aliphatic rings. The highest BCUT2D eigenvalue weighted by Gasteiger charge is 2.21. The normalized spacial score (nSPS) is 12.1. The van der Waals surface area contributed by atoms with E-state index < -0.39 is 28.9 Å². The average molecular weight is 407 g/mol. The molecule has 1 atom stereocenters. The number of nitrogens with one attached hydrogen (secondary N) is 2. The van der Waals surface area contributed by atoms with Crippen LogP contribution in [-0.2, 0) is 18.4 Å². The summed E-state index contributed by atoms with van der Waals surface area (Å²) in [6.45, 7) is -0.388. The number of benzene rings is 2. The summed E-state index contributed by atoms with van der Waals surface area (Å²) in [7, 11) is 1.77. The SMILES string of the molecule is Cn1ccnc1C(NC(=O)Cn1[nH]c(=O)c2ccccc2c1=O)c1ccc(F)cc1. The second-order valence-electron chi connectivity index (χ2n) is 6.83. The van der Waals surface area contributed by atoms with Crippen molar-refractivity contribution >= 4 is 16.7 Å². The van der Waals surface area contributed by atoms with Gasteiger partial charge in [-0.2, -0.15) is 0 Å². The topological polar surface area (TPSA) is 102 Å². The Morgan fingerprint density at radius 1 is 1.13 bits per heavy atom. The number of aromatic nitrogens is 4. The van der Waals surface area contributed by atoms with Gasteiger partial charge in [-0.25, -0.2) is 14.1 Å². The van der Waals surface area contributed by atoms with Gasteiger partial charge in [0.25, 0.3) is 11.1 Å². The predicted octanol–water partition coefficient (Wildman–Crippen LogP) is 1.47. The van der Waals surface area contributed by atoms with E-state index in [1.54, 1.807) is 54.3 Å². The number of rotatable bonds is 5. The largest absolute Gasteiger partial charge is 0.340 e. The average Bonchev–Trinajstić information content (AvgIpc) is 3.16. The van der Waals surface area contributed by atoms with Crippen LogP contribution in [0.5, 0.6) is 0 Å². The molecular weight excluding hydrogens is 389 g/mol. The van der Waals surface area contributed by atoms with E-state index >= 15 is 0 Å². The second kappa shape index (κ2) is 7.78. The summed E-state index contributed by atoms with van der Waals surface area (Å²) >= 11 is 0. The molecule has 2 N–H and O–H groups in total. The minimum absolute atomic E-state index is 0.230. The molecule has 152 valence electrons. The molecule has 2 heterocycles. The summed E-state index contributed by atoms with van der Waals surface area (Å²) in [6.07, 6.45) is 3.31. The number of hydrogen-bond donors (Lipinski definition) is 2. The van der Waals surface area contributed by atoms with E-state index in [4.69, 9.17) is 0 Å². The van der Waals surface area contributed by atoms with Gasteiger partial charge in [-0.15, -0.1) is 0 Å². The summed E-state index contributed by atoms with van der Waals surface area (Å²) < 4.78 is 16.1. The van der Waals surface area contributed by atoms with Crippen LogP contribution in [-0.4, -0.2) is 25.2 Å². The van der Waals surface area contributed by atoms with Crippen LogP contribution in [0.25, 0.3) is 10.8 Å². The van der Waals surface area contributed by atoms with Crippen molar-refractivity contribution in [1.29, 1.82) is 0 Å². The van der Waals surface area contributed by atoms with E-state index in [0.717, 1.165) is 4.68 Å². The van der Waals surface area contributed by atoms with Crippen LogP contribution in [0.3, 0.4) is 0 Å². The number of nitrogens with zero attached hydrogens (tertiary/aromatic N) is 3. The molecule has 0 aliphatic heterocycles. The lowest BCUT2D eigenvalue weighted by Crippen LogP contribution is -2.38. The first-order valence-corrected chi connectivity index (χ1v) is 9.18. The molecule has 2 aromatic heterocycles. The zero-order chi connectivity index (χ0) is 21.3. The Labute approximate surface area is 169 Å². The summed E-state index contributed by atoms with van der Waals surface area (Å²) in [4.78, 5) is 41.9. The number of aromatic amines is 1. The molecule has 1 unspecified atom stereocenters. The molecule has 0 radical (unpaired) electrons. The minimum atomic E-state index is -0.666. The van der Waals surface area contributed by atoms with Gasteiger partial charge in [0.1, 0.15) is 24.2 Å². The lowest BCUT2D eigenvalue weighted by Gasteiger charge is -2.19. The van der Waals surface area contributed by atoms with Crippen LogP contribution in [0.1, 0.15) is 17.4 Å². The molecule has 2 aromatic carbocycles. The van der Waals surface area contributed by atoms with E-state index in [0.29, 0.717) is 11.4 Å². The maximum absolute atomic E-state index is 13.4. The highest BCUT2D eigenvalue weighted by atomic mass is 19.1. The Kier molecular flexibility index (Phi) is 5.01. The maximum atomic E-state index is 13.4. The zero-order valence-corrected chi connectivity index (χ0v) is 16.0. The molecule has 0 saturated heterocycles. The van der Waals surface area contributed by atoms with Gasteiger partial charge in [-0.1, -0.05) is 24.3 Å². The molecule has 0 spiro atoms. The van der Waals surface area contributed by atoms with Crippen molar-refractivity contribution in [2.75, 3.05) is 0 Å². The summed E-state index contributed by atoms with van der Waals surface area (Å²) in [6, 6.07) is 11.4. The van der Waals surface area contributed by atoms with Gasteiger partial charge in [0, 0.05) is 19.4 Å². The van der Waals surface area contributed by atoms with E-state index in [1.807, 2.05) is 0 Å². The molecule has 0 fully saturated rings. The number of H-pyrrole nitrogens is 1. The second-order valence-corrected chi connectivity index (χ2v) is 6.83. The lowest BCUT2D eigenvalue weighted by atomic mass is 10.1. The molecule has 0 saturated carbocycles. The Morgan fingerprint density at radius 2 is 1.83 bits per heavy atom. The Bertz CT molecular complexity index is 1340. The Morgan fingerprint density at radius 3 is 2.50 bits per heavy atom. The van der Waals surface area contributed by atoms with Gasteiger partial charge >= 0.3 is 0 Å². The fraction of sp³-hybridized carbons (Fsp3) is 0.143. The van der Waals surface area contributed by atoms with E-state index in [2.05, 4.69) is 15.4 Å². The summed E-state index contributed by atoms with van der Waals surface area (Å²) in [5.41, 5.74) is -0.314. The van der Waals surface area contributed by atoms with Crippen molar-refractivity contribution in [3.63, 3.8) is 0 Å². The molecule has 1 amide bonds. The Hall–Kier alpha value is -4.01. The van der Waals surface area contributed by atoms with E-state index in [9.17, 15) is 18.8 Å². The smallest absolute Gasteiger partial charge is 0.273 e. The number of imidazole rings is 1. The van der Waals surface area contributed by atoms with Gasteiger partial charge in [-0.05, 0) is 29.8 Å². The van der Waals surface area contributed by atoms with Crippen LogP contribution >= 0.6 is 0 Å². The number of amides is 1. The number of aryl methyl sites for hydroxylation is 1. The van der Waals surface area contributed by atoms with Crippen LogP contribution in [0.15, 0.2) is 70.5 Å². The molecular formula is C21H18FN5O3. The fourth-order valence-electron chi connectivity index (χ4n) is 3.32. The zero-order valence-electron chi connectivity index (χ0n) is 16.0. The monoisotopic (exact) mass is 407 g/mol. The van der Waals surface area contributed by atoms with Crippen LogP contribution < -0.4 is 16.4 Å². The standard InChI is InChI=1S/C21H18FN5O3/c1-26-11-10-23-19(26)18(13-6-8-14(22)9-7-13)24-17(28)12-27-21(30)16-5-3-2-4-15(16)20(29)25-27/h2-11,18H,12H2,1H3,(H,24,28)(H,25,29). The first-order valence-electron chi connectivity index (χ1n) is 9.18. The molecule has 4 rings (SSSR count). The van der Waals surface area contributed by atoms with E-state index in [1.165, 1.54) is 18.2 Å². The van der Waals surface area contributed by atoms with Gasteiger partial charge < -0.3 is 9.88 Å². The fourth-order valence-corrected chi connectivity index (χ4v) is 3.32. The number of carbonyl (C=O) groups is 1. The molecule has 4 aromatic rings. The molecule has 8 nitrogen and oxygen atoms in total. The maximum Gasteiger partial charge on any atom is 0.273 e. The van der Waals surface area contributed by atoms with Crippen molar-refractivity contribution < 1.29 is 9.18 Å². The quantitative estimate of drug-likeness (QED) is 0.523. The molecule has 9 heteroatoms. The number of fused-ring (bicyclic) bond motifs is 1. The van der Waals surface area contributed by atoms with Gasteiger partial charge in [-0.3, -0.25) is 19.5 Å². The van der Waals surface area contributed by atoms with Gasteiger partial charge in [0.2, 0.25) is 5.91 Å². The van der Waals surface area contributed by atoms with Crippen molar-refractivity contribution in [3.8, 4) is 0 Å². The first kappa shape index (κ1) is 19.3. The number of halogens is 1. The van der Waals surface area contributed by atoms with Crippen molar-refractivity contribution in [2.45, 2.75) is 12.6 Å². The van der Waals surface area contributed by atoms with E-state index in [-0.39, 0.29) is 17.3 Å². The third-order valence-electron chi connectivity index (χ3n) is 4.81. The molecule has 0 aliphatic carbocycles. The number of carbonyl (C=O) groups excluding carboxylic acids is 1. The molecule has 0 bridgehead atoms. The minimum Gasteiger partial charge on any atom is -0.340 e. The summed E-state index contributed by atoms with van der Waals surface area (Å²) in [5.74, 6) is -0.376. The van der Waals surface area contributed by atoms with Crippen LogP contribution in [0, 0.1) is 5.82 Å². The third-order valence-corrected chi connectivity index (χ3v) is 4.81. The van der Waals surface area contributed by atoms with Crippen molar-refractivity contribution in [2.24, 2.45) is 7.05 Å². The lowest BCUT2D eigenvalue weighted by molar-refractivity contribution is -0.122. The number of hydrogen-bond acceptors (Lipinski definition) is 4. The van der Waals surface area contributed by atoms with Crippen LogP contribution in [0.4, 0.5) is 4.39 Å². The van der Waals surface area contributed by atoms with Crippen molar-refractivity contribution in [3.05, 3.63) is 98.8 Å².